The molecule has 1 aliphatic rings. The standard InChI is InChI=1S/C14H18N2O5/c1-15(7-9-5-11(17)6-9)8-10-3-2-4-12(16(20)21)13(10)14(18)19/h2-4,9,11,17H,5-8H2,1H3,(H,18,19). The van der Waals surface area contributed by atoms with E-state index < -0.39 is 10.9 Å². The van der Waals surface area contributed by atoms with Crippen molar-refractivity contribution in [2.24, 2.45) is 5.92 Å². The van der Waals surface area contributed by atoms with Crippen LogP contribution in [0.5, 0.6) is 0 Å². The minimum atomic E-state index is -1.29. The lowest BCUT2D eigenvalue weighted by Gasteiger charge is -2.34. The van der Waals surface area contributed by atoms with Crippen molar-refractivity contribution in [2.45, 2.75) is 25.5 Å². The molecule has 0 radical (unpaired) electrons. The Hall–Kier alpha value is -1.99. The van der Waals surface area contributed by atoms with Crippen LogP contribution in [0.2, 0.25) is 0 Å². The Bertz CT molecular complexity index is 554. The predicted molar refractivity (Wildman–Crippen MR) is 75.1 cm³/mol. The summed E-state index contributed by atoms with van der Waals surface area (Å²) in [6.45, 7) is 1.06. The van der Waals surface area contributed by atoms with Crippen molar-refractivity contribution in [3.8, 4) is 0 Å². The fourth-order valence-corrected chi connectivity index (χ4v) is 2.76. The molecule has 1 saturated carbocycles. The number of nitro benzene ring substituents is 1. The van der Waals surface area contributed by atoms with E-state index in [1.807, 2.05) is 11.9 Å². The molecule has 7 heteroatoms. The number of carboxylic acids is 1. The Morgan fingerprint density at radius 2 is 2.14 bits per heavy atom. The van der Waals surface area contributed by atoms with Gasteiger partial charge in [-0.3, -0.25) is 10.1 Å². The Morgan fingerprint density at radius 3 is 2.67 bits per heavy atom. The van der Waals surface area contributed by atoms with E-state index in [-0.39, 0.29) is 17.4 Å². The second-order valence-electron chi connectivity index (χ2n) is 5.56. The summed E-state index contributed by atoms with van der Waals surface area (Å²) in [6.07, 6.45) is 1.28. The third-order valence-electron chi connectivity index (χ3n) is 3.76. The van der Waals surface area contributed by atoms with Crippen LogP contribution >= 0.6 is 0 Å². The van der Waals surface area contributed by atoms with E-state index in [0.29, 0.717) is 18.0 Å². The molecule has 0 aliphatic heterocycles. The second kappa shape index (κ2) is 6.19. The molecular weight excluding hydrogens is 276 g/mol. The summed E-state index contributed by atoms with van der Waals surface area (Å²) in [5.41, 5.74) is -0.200. The predicted octanol–water partition coefficient (Wildman–Crippen LogP) is 1.50. The van der Waals surface area contributed by atoms with Gasteiger partial charge in [0.05, 0.1) is 11.0 Å². The normalized spacial score (nSPS) is 21.1. The molecule has 0 heterocycles. The van der Waals surface area contributed by atoms with Crippen molar-refractivity contribution in [2.75, 3.05) is 13.6 Å². The van der Waals surface area contributed by atoms with Crippen molar-refractivity contribution >= 4 is 11.7 Å². The molecular formula is C14H18N2O5. The second-order valence-corrected chi connectivity index (χ2v) is 5.56. The molecule has 2 N–H and O–H groups in total. The van der Waals surface area contributed by atoms with Gasteiger partial charge in [0.2, 0.25) is 0 Å². The molecule has 1 aliphatic carbocycles. The summed E-state index contributed by atoms with van der Waals surface area (Å²) < 4.78 is 0. The van der Waals surface area contributed by atoms with E-state index >= 15 is 0 Å². The number of benzene rings is 1. The van der Waals surface area contributed by atoms with Crippen LogP contribution in [0, 0.1) is 16.0 Å². The molecule has 0 amide bonds. The number of aromatic carboxylic acids is 1. The lowest BCUT2D eigenvalue weighted by molar-refractivity contribution is -0.385. The Kier molecular flexibility index (Phi) is 4.54. The van der Waals surface area contributed by atoms with E-state index in [0.717, 1.165) is 19.4 Å². The SMILES string of the molecule is CN(Cc1cccc([N+](=O)[O-])c1C(=O)O)CC1CC(O)C1. The van der Waals surface area contributed by atoms with Gasteiger partial charge in [-0.2, -0.15) is 0 Å². The summed E-state index contributed by atoms with van der Waals surface area (Å²) in [4.78, 5) is 23.5. The van der Waals surface area contributed by atoms with E-state index in [2.05, 4.69) is 0 Å². The van der Waals surface area contributed by atoms with Crippen LogP contribution in [0.4, 0.5) is 5.69 Å². The van der Waals surface area contributed by atoms with Crippen LogP contribution in [-0.2, 0) is 6.54 Å². The lowest BCUT2D eigenvalue weighted by Crippen LogP contribution is -2.37. The van der Waals surface area contributed by atoms with Gasteiger partial charge in [0.25, 0.3) is 5.69 Å². The van der Waals surface area contributed by atoms with Crippen LogP contribution in [0.1, 0.15) is 28.8 Å². The van der Waals surface area contributed by atoms with Crippen LogP contribution < -0.4 is 0 Å². The Morgan fingerprint density at radius 1 is 1.48 bits per heavy atom. The number of nitro groups is 1. The molecule has 0 saturated heterocycles. The highest BCUT2D eigenvalue weighted by molar-refractivity contribution is 5.94. The third-order valence-corrected chi connectivity index (χ3v) is 3.76. The molecule has 0 bridgehead atoms. The van der Waals surface area contributed by atoms with Crippen LogP contribution in [0.25, 0.3) is 0 Å². The van der Waals surface area contributed by atoms with Gasteiger partial charge in [0.15, 0.2) is 0 Å². The summed E-state index contributed by atoms with van der Waals surface area (Å²) in [5, 5.41) is 29.4. The molecule has 2 rings (SSSR count). The average molecular weight is 294 g/mol. The first-order valence-corrected chi connectivity index (χ1v) is 6.74. The molecule has 1 aromatic carbocycles. The Balaban J connectivity index is 2.13. The van der Waals surface area contributed by atoms with Gasteiger partial charge in [0, 0.05) is 19.2 Å². The molecule has 1 fully saturated rings. The number of hydrogen-bond acceptors (Lipinski definition) is 5. The van der Waals surface area contributed by atoms with E-state index in [1.54, 1.807) is 6.07 Å². The van der Waals surface area contributed by atoms with Gasteiger partial charge in [-0.15, -0.1) is 0 Å². The number of aliphatic hydroxyl groups is 1. The number of rotatable bonds is 6. The van der Waals surface area contributed by atoms with Gasteiger partial charge >= 0.3 is 5.97 Å². The first-order valence-electron chi connectivity index (χ1n) is 6.74. The van der Waals surface area contributed by atoms with Gasteiger partial charge in [-0.05, 0) is 31.4 Å². The Labute approximate surface area is 122 Å². The highest BCUT2D eigenvalue weighted by Gasteiger charge is 2.29. The minimum Gasteiger partial charge on any atom is -0.477 e. The quantitative estimate of drug-likeness (QED) is 0.608. The number of carboxylic acid groups (broad SMARTS) is 1. The average Bonchev–Trinajstić information content (AvgIpc) is 2.36. The molecule has 0 unspecified atom stereocenters. The van der Waals surface area contributed by atoms with E-state index in [1.165, 1.54) is 12.1 Å². The largest absolute Gasteiger partial charge is 0.477 e. The number of hydrogen-bond donors (Lipinski definition) is 2. The number of carbonyl (C=O) groups is 1. The zero-order chi connectivity index (χ0) is 15.6. The van der Waals surface area contributed by atoms with Crippen molar-refractivity contribution in [1.29, 1.82) is 0 Å². The summed E-state index contributed by atoms with van der Waals surface area (Å²) >= 11 is 0. The first-order chi connectivity index (χ1) is 9.88. The van der Waals surface area contributed by atoms with Gasteiger partial charge in [-0.25, -0.2) is 4.79 Å². The summed E-state index contributed by atoms with van der Waals surface area (Å²) in [7, 11) is 1.84. The highest BCUT2D eigenvalue weighted by Crippen LogP contribution is 2.29. The maximum absolute atomic E-state index is 11.3. The summed E-state index contributed by atoms with van der Waals surface area (Å²) in [6, 6.07) is 4.30. The molecule has 0 aromatic heterocycles. The molecule has 21 heavy (non-hydrogen) atoms. The van der Waals surface area contributed by atoms with E-state index in [9.17, 15) is 25.1 Å². The van der Waals surface area contributed by atoms with Gasteiger partial charge < -0.3 is 15.1 Å². The number of aliphatic hydroxyl groups excluding tert-OH is 1. The van der Waals surface area contributed by atoms with Crippen LogP contribution in [0.3, 0.4) is 0 Å². The minimum absolute atomic E-state index is 0.226. The topological polar surface area (TPSA) is 104 Å². The monoisotopic (exact) mass is 294 g/mol. The zero-order valence-electron chi connectivity index (χ0n) is 11.7. The molecule has 7 nitrogen and oxygen atoms in total. The fraction of sp³-hybridized carbons (Fsp3) is 0.500. The zero-order valence-corrected chi connectivity index (χ0v) is 11.7. The van der Waals surface area contributed by atoms with Crippen LogP contribution in [0.15, 0.2) is 18.2 Å². The summed E-state index contributed by atoms with van der Waals surface area (Å²) in [5.74, 6) is -0.887. The van der Waals surface area contributed by atoms with Crippen molar-refractivity contribution < 1.29 is 19.9 Å². The first kappa shape index (κ1) is 15.4. The highest BCUT2D eigenvalue weighted by atomic mass is 16.6. The van der Waals surface area contributed by atoms with Crippen molar-refractivity contribution in [3.05, 3.63) is 39.4 Å². The van der Waals surface area contributed by atoms with Crippen molar-refractivity contribution in [1.82, 2.24) is 4.90 Å². The molecule has 114 valence electrons. The number of nitrogens with zero attached hydrogens (tertiary/aromatic N) is 2. The molecule has 0 atom stereocenters. The van der Waals surface area contributed by atoms with Gasteiger partial charge in [0.1, 0.15) is 5.56 Å². The molecule has 0 spiro atoms. The van der Waals surface area contributed by atoms with Gasteiger partial charge in [-0.1, -0.05) is 12.1 Å². The lowest BCUT2D eigenvalue weighted by atomic mass is 9.82. The molecule has 1 aromatic rings. The fourth-order valence-electron chi connectivity index (χ4n) is 2.76. The third kappa shape index (κ3) is 3.56. The van der Waals surface area contributed by atoms with Crippen LogP contribution in [-0.4, -0.2) is 45.7 Å². The van der Waals surface area contributed by atoms with E-state index in [4.69, 9.17) is 0 Å². The van der Waals surface area contributed by atoms with Crippen molar-refractivity contribution in [3.63, 3.8) is 0 Å². The maximum Gasteiger partial charge on any atom is 0.343 e. The smallest absolute Gasteiger partial charge is 0.343 e. The maximum atomic E-state index is 11.3.